The summed E-state index contributed by atoms with van der Waals surface area (Å²) in [6, 6.07) is 6.55. The topological polar surface area (TPSA) is 38.0 Å². The van der Waals surface area contributed by atoms with Crippen molar-refractivity contribution in [1.82, 2.24) is 5.43 Å². The van der Waals surface area contributed by atoms with Crippen LogP contribution in [0.25, 0.3) is 0 Å². The molecule has 2 aromatic rings. The molecule has 0 saturated carbocycles. The normalized spacial score (nSPS) is 12.5. The van der Waals surface area contributed by atoms with Crippen LogP contribution in [0, 0.1) is 11.6 Å². The van der Waals surface area contributed by atoms with E-state index in [1.54, 1.807) is 18.2 Å². The fourth-order valence-corrected chi connectivity index (χ4v) is 2.93. The number of halogens is 5. The largest absolute Gasteiger partial charge is 0.271 e. The van der Waals surface area contributed by atoms with E-state index < -0.39 is 17.7 Å². The van der Waals surface area contributed by atoms with Gasteiger partial charge < -0.3 is 0 Å². The quantitative estimate of drug-likeness (QED) is 0.577. The van der Waals surface area contributed by atoms with Gasteiger partial charge in [-0.3, -0.25) is 11.3 Å². The van der Waals surface area contributed by atoms with Gasteiger partial charge in [-0.25, -0.2) is 8.78 Å². The second kappa shape index (κ2) is 7.03. The van der Waals surface area contributed by atoms with Gasteiger partial charge in [-0.05, 0) is 36.2 Å². The zero-order valence-corrected chi connectivity index (χ0v) is 13.7. The van der Waals surface area contributed by atoms with Gasteiger partial charge in [0.25, 0.3) is 0 Å². The van der Waals surface area contributed by atoms with Gasteiger partial charge in [0.1, 0.15) is 11.6 Å². The molecule has 1 unspecified atom stereocenters. The van der Waals surface area contributed by atoms with E-state index in [1.807, 2.05) is 0 Å². The molecule has 0 spiro atoms. The minimum absolute atomic E-state index is 0.133. The van der Waals surface area contributed by atoms with Crippen molar-refractivity contribution in [3.05, 3.63) is 67.6 Å². The first-order valence-electron chi connectivity index (χ1n) is 5.97. The predicted molar refractivity (Wildman–Crippen MR) is 84.3 cm³/mol. The summed E-state index contributed by atoms with van der Waals surface area (Å²) in [7, 11) is 0. The van der Waals surface area contributed by atoms with Gasteiger partial charge in [0, 0.05) is 20.1 Å². The lowest BCUT2D eigenvalue weighted by Gasteiger charge is -2.19. The molecule has 0 radical (unpaired) electrons. The molecule has 3 N–H and O–H groups in total. The van der Waals surface area contributed by atoms with Crippen LogP contribution in [0.5, 0.6) is 0 Å². The first kappa shape index (κ1) is 16.6. The van der Waals surface area contributed by atoms with Crippen LogP contribution in [-0.4, -0.2) is 0 Å². The lowest BCUT2D eigenvalue weighted by atomic mass is 9.98. The highest BCUT2D eigenvalue weighted by atomic mass is 79.9. The van der Waals surface area contributed by atoms with Crippen LogP contribution in [-0.2, 0) is 6.42 Å². The Balaban J connectivity index is 2.37. The summed E-state index contributed by atoms with van der Waals surface area (Å²) in [5, 5.41) is 0.905. The van der Waals surface area contributed by atoms with Crippen molar-refractivity contribution in [2.75, 3.05) is 0 Å². The molecule has 2 aromatic carbocycles. The molecule has 0 amide bonds. The third-order valence-corrected chi connectivity index (χ3v) is 4.08. The number of rotatable bonds is 4. The summed E-state index contributed by atoms with van der Waals surface area (Å²) < 4.78 is 28.3. The molecule has 7 heteroatoms. The Morgan fingerprint density at radius 3 is 2.29 bits per heavy atom. The van der Waals surface area contributed by atoms with Gasteiger partial charge in [-0.15, -0.1) is 0 Å². The second-order valence-electron chi connectivity index (χ2n) is 4.44. The second-order valence-corrected chi connectivity index (χ2v) is 6.20. The number of hydrogen-bond acceptors (Lipinski definition) is 2. The Morgan fingerprint density at radius 1 is 1.14 bits per heavy atom. The molecule has 0 aliphatic carbocycles. The van der Waals surface area contributed by atoms with Crippen molar-refractivity contribution in [3.63, 3.8) is 0 Å². The van der Waals surface area contributed by atoms with Crippen molar-refractivity contribution >= 4 is 39.1 Å². The zero-order valence-electron chi connectivity index (χ0n) is 10.6. The summed E-state index contributed by atoms with van der Waals surface area (Å²) in [5.41, 5.74) is 2.98. The fraction of sp³-hybridized carbons (Fsp3) is 0.143. The predicted octanol–water partition coefficient (Wildman–Crippen LogP) is 4.78. The standard InChI is InChI=1S/C14H11BrCl2F2N2/c15-8-4-11(18)14(12(19)5-8)13(21-20)3-7-1-2-9(16)6-10(7)17/h1-2,4-6,13,21H,3,20H2. The van der Waals surface area contributed by atoms with E-state index in [0.29, 0.717) is 20.1 Å². The van der Waals surface area contributed by atoms with Crippen LogP contribution in [0.4, 0.5) is 8.78 Å². The number of nitrogens with one attached hydrogen (secondary N) is 1. The van der Waals surface area contributed by atoms with E-state index >= 15 is 0 Å². The number of benzene rings is 2. The molecule has 2 nitrogen and oxygen atoms in total. The Kier molecular flexibility index (Phi) is 5.57. The summed E-state index contributed by atoms with van der Waals surface area (Å²) in [5.74, 6) is 4.07. The highest BCUT2D eigenvalue weighted by molar-refractivity contribution is 9.10. The molecule has 0 saturated heterocycles. The fourth-order valence-electron chi connectivity index (χ4n) is 2.04. The van der Waals surface area contributed by atoms with Crippen molar-refractivity contribution in [3.8, 4) is 0 Å². The maximum atomic E-state index is 14.0. The summed E-state index contributed by atoms with van der Waals surface area (Å²) in [6.45, 7) is 0. The Bertz CT molecular complexity index is 644. The van der Waals surface area contributed by atoms with Gasteiger partial charge in [0.05, 0.1) is 6.04 Å². The first-order valence-corrected chi connectivity index (χ1v) is 7.51. The molecule has 2 rings (SSSR count). The third-order valence-electron chi connectivity index (χ3n) is 3.03. The van der Waals surface area contributed by atoms with Gasteiger partial charge in [0.15, 0.2) is 0 Å². The van der Waals surface area contributed by atoms with Crippen LogP contribution in [0.1, 0.15) is 17.2 Å². The molecule has 0 bridgehead atoms. The molecule has 21 heavy (non-hydrogen) atoms. The van der Waals surface area contributed by atoms with Crippen LogP contribution in [0.15, 0.2) is 34.8 Å². The van der Waals surface area contributed by atoms with Crippen molar-refractivity contribution in [2.24, 2.45) is 5.84 Å². The SMILES string of the molecule is NNC(Cc1ccc(Cl)cc1Cl)c1c(F)cc(Br)cc1F. The monoisotopic (exact) mass is 394 g/mol. The van der Waals surface area contributed by atoms with Crippen LogP contribution >= 0.6 is 39.1 Å². The van der Waals surface area contributed by atoms with Crippen molar-refractivity contribution in [1.29, 1.82) is 0 Å². The highest BCUT2D eigenvalue weighted by Crippen LogP contribution is 2.29. The number of hydrazine groups is 1. The van der Waals surface area contributed by atoms with E-state index in [2.05, 4.69) is 21.4 Å². The maximum Gasteiger partial charge on any atom is 0.132 e. The smallest absolute Gasteiger partial charge is 0.132 e. The molecule has 0 aliphatic heterocycles. The average molecular weight is 396 g/mol. The van der Waals surface area contributed by atoms with E-state index in [1.165, 1.54) is 12.1 Å². The summed E-state index contributed by atoms with van der Waals surface area (Å²) in [4.78, 5) is 0. The lowest BCUT2D eigenvalue weighted by Crippen LogP contribution is -2.31. The van der Waals surface area contributed by atoms with E-state index in [0.717, 1.165) is 0 Å². The molecule has 1 atom stereocenters. The third kappa shape index (κ3) is 3.93. The minimum Gasteiger partial charge on any atom is -0.271 e. The zero-order chi connectivity index (χ0) is 15.6. The first-order chi connectivity index (χ1) is 9.92. The van der Waals surface area contributed by atoms with E-state index in [4.69, 9.17) is 29.0 Å². The van der Waals surface area contributed by atoms with E-state index in [9.17, 15) is 8.78 Å². The molecule has 0 fully saturated rings. The minimum atomic E-state index is -0.753. The van der Waals surface area contributed by atoms with Crippen LogP contribution in [0.3, 0.4) is 0 Å². The van der Waals surface area contributed by atoms with E-state index in [-0.39, 0.29) is 12.0 Å². The van der Waals surface area contributed by atoms with Crippen molar-refractivity contribution in [2.45, 2.75) is 12.5 Å². The van der Waals surface area contributed by atoms with Gasteiger partial charge in [-0.2, -0.15) is 0 Å². The lowest BCUT2D eigenvalue weighted by molar-refractivity contribution is 0.472. The van der Waals surface area contributed by atoms with Gasteiger partial charge in [0.2, 0.25) is 0 Å². The van der Waals surface area contributed by atoms with Crippen LogP contribution in [0.2, 0.25) is 10.0 Å². The Labute approximate surface area is 139 Å². The van der Waals surface area contributed by atoms with Crippen molar-refractivity contribution < 1.29 is 8.78 Å². The molecule has 0 aliphatic rings. The number of hydrogen-bond donors (Lipinski definition) is 2. The maximum absolute atomic E-state index is 14.0. The molecular weight excluding hydrogens is 385 g/mol. The molecular formula is C14H11BrCl2F2N2. The highest BCUT2D eigenvalue weighted by Gasteiger charge is 2.21. The molecule has 0 aromatic heterocycles. The summed E-state index contributed by atoms with van der Waals surface area (Å²) >= 11 is 14.9. The molecule has 112 valence electrons. The summed E-state index contributed by atoms with van der Waals surface area (Å²) in [6.07, 6.45) is 0.224. The van der Waals surface area contributed by atoms with Gasteiger partial charge >= 0.3 is 0 Å². The van der Waals surface area contributed by atoms with Gasteiger partial charge in [-0.1, -0.05) is 45.2 Å². The Hall–Kier alpha value is -0.720. The average Bonchev–Trinajstić information content (AvgIpc) is 2.39. The van der Waals surface area contributed by atoms with Crippen LogP contribution < -0.4 is 11.3 Å². The number of nitrogens with two attached hydrogens (primary N) is 1. The molecule has 0 heterocycles. The Morgan fingerprint density at radius 2 is 1.76 bits per heavy atom.